The number of carbonyl (C=O) groups is 1. The Bertz CT molecular complexity index is 166. The minimum atomic E-state index is 0.118. The Labute approximate surface area is 83.4 Å². The van der Waals surface area contributed by atoms with Crippen LogP contribution in [0, 0.1) is 5.41 Å². The molecular weight excluding hydrogens is 181 g/mol. The summed E-state index contributed by atoms with van der Waals surface area (Å²) in [7, 11) is 0.781. The van der Waals surface area contributed by atoms with Crippen LogP contribution < -0.4 is 5.73 Å². The molecule has 0 amide bonds. The van der Waals surface area contributed by atoms with Crippen molar-refractivity contribution in [3.63, 3.8) is 0 Å². The molecule has 0 aromatic rings. The highest BCUT2D eigenvalue weighted by atomic mass is 31.1. The Hall–Kier alpha value is 0.0600. The zero-order chi connectivity index (χ0) is 10.5. The molecule has 0 radical (unpaired) electrons. The normalized spacial score (nSPS) is 13.9. The van der Waals surface area contributed by atoms with E-state index in [1.807, 2.05) is 0 Å². The van der Waals surface area contributed by atoms with Crippen molar-refractivity contribution in [3.8, 4) is 0 Å². The van der Waals surface area contributed by atoms with Crippen LogP contribution in [-0.4, -0.2) is 17.7 Å². The molecule has 3 heteroatoms. The van der Waals surface area contributed by atoms with Gasteiger partial charge in [0.25, 0.3) is 0 Å². The molecule has 0 rings (SSSR count). The van der Waals surface area contributed by atoms with Crippen LogP contribution in [0.1, 0.15) is 40.5 Å². The van der Waals surface area contributed by atoms with Crippen molar-refractivity contribution in [2.24, 2.45) is 11.1 Å². The maximum atomic E-state index is 10.4. The van der Waals surface area contributed by atoms with E-state index in [2.05, 4.69) is 27.7 Å². The maximum Gasteiger partial charge on any atom is 0.120 e. The lowest BCUT2D eigenvalue weighted by Gasteiger charge is -2.33. The van der Waals surface area contributed by atoms with E-state index >= 15 is 0 Å². The van der Waals surface area contributed by atoms with E-state index < -0.39 is 0 Å². The van der Waals surface area contributed by atoms with Crippen LogP contribution in [-0.2, 0) is 4.79 Å². The first kappa shape index (κ1) is 13.1. The highest BCUT2D eigenvalue weighted by Gasteiger charge is 2.27. The Kier molecular flexibility index (Phi) is 5.09. The third kappa shape index (κ3) is 6.17. The van der Waals surface area contributed by atoms with Gasteiger partial charge >= 0.3 is 0 Å². The van der Waals surface area contributed by atoms with E-state index in [1.165, 1.54) is 0 Å². The number of hydrogen-bond donors (Lipinski definition) is 1. The number of hydrogen-bond acceptors (Lipinski definition) is 2. The van der Waals surface area contributed by atoms with Crippen molar-refractivity contribution in [1.82, 2.24) is 0 Å². The molecule has 2 N–H and O–H groups in total. The highest BCUT2D eigenvalue weighted by molar-refractivity contribution is 7.39. The van der Waals surface area contributed by atoms with E-state index in [0.717, 1.165) is 27.6 Å². The summed E-state index contributed by atoms with van der Waals surface area (Å²) < 4.78 is 0. The molecule has 2 nitrogen and oxygen atoms in total. The summed E-state index contributed by atoms with van der Waals surface area (Å²) >= 11 is 0. The monoisotopic (exact) mass is 203 g/mol. The summed E-state index contributed by atoms with van der Waals surface area (Å²) in [5.41, 5.74) is 5.67. The van der Waals surface area contributed by atoms with Gasteiger partial charge in [0, 0.05) is 12.7 Å². The maximum absolute atomic E-state index is 10.4. The van der Waals surface area contributed by atoms with Crippen molar-refractivity contribution in [2.75, 3.05) is 6.29 Å². The van der Waals surface area contributed by atoms with Gasteiger partial charge in [0.1, 0.15) is 6.29 Å². The van der Waals surface area contributed by atoms with Gasteiger partial charge in [0.2, 0.25) is 0 Å². The number of aldehydes is 1. The second kappa shape index (κ2) is 5.07. The quantitative estimate of drug-likeness (QED) is 0.532. The largest absolute Gasteiger partial charge is 0.327 e. The molecule has 1 unspecified atom stereocenters. The Balaban J connectivity index is 4.14. The molecule has 0 aromatic carbocycles. The lowest BCUT2D eigenvalue weighted by atomic mass is 9.81. The van der Waals surface area contributed by atoms with Crippen LogP contribution in [0.15, 0.2) is 0 Å². The van der Waals surface area contributed by atoms with E-state index in [1.54, 1.807) is 0 Å². The Morgan fingerprint density at radius 1 is 1.31 bits per heavy atom. The smallest absolute Gasteiger partial charge is 0.120 e. The molecule has 0 aromatic heterocycles. The van der Waals surface area contributed by atoms with E-state index in [4.69, 9.17) is 5.73 Å². The summed E-state index contributed by atoms with van der Waals surface area (Å²) in [6.45, 7) is 8.74. The van der Waals surface area contributed by atoms with Crippen LogP contribution in [0.5, 0.6) is 0 Å². The summed E-state index contributed by atoms with van der Waals surface area (Å²) in [5.74, 6) is 0. The minimum absolute atomic E-state index is 0.118. The lowest BCUT2D eigenvalue weighted by Crippen LogP contribution is -2.26. The molecule has 0 aliphatic carbocycles. The van der Waals surface area contributed by atoms with Gasteiger partial charge in [-0.1, -0.05) is 27.7 Å². The molecule has 0 aliphatic rings. The molecule has 1 atom stereocenters. The summed E-state index contributed by atoms with van der Waals surface area (Å²) in [4.78, 5) is 10.4. The van der Waals surface area contributed by atoms with Gasteiger partial charge in [-0.05, 0) is 17.0 Å². The van der Waals surface area contributed by atoms with Crippen molar-refractivity contribution in [1.29, 1.82) is 0 Å². The van der Waals surface area contributed by atoms with Crippen LogP contribution in [0.3, 0.4) is 0 Å². The van der Waals surface area contributed by atoms with Gasteiger partial charge in [0.15, 0.2) is 0 Å². The molecule has 13 heavy (non-hydrogen) atoms. The van der Waals surface area contributed by atoms with Crippen LogP contribution in [0.25, 0.3) is 0 Å². The SMILES string of the molecule is CC(C)(CC=O)CC(C)(C)PCN. The van der Waals surface area contributed by atoms with Gasteiger partial charge in [-0.3, -0.25) is 0 Å². The fourth-order valence-electron chi connectivity index (χ4n) is 1.83. The van der Waals surface area contributed by atoms with Crippen molar-refractivity contribution in [3.05, 3.63) is 0 Å². The molecule has 0 aliphatic heterocycles. The van der Waals surface area contributed by atoms with Gasteiger partial charge in [-0.15, -0.1) is 8.58 Å². The molecule has 0 saturated carbocycles. The molecule has 0 fully saturated rings. The first-order valence-electron chi connectivity index (χ1n) is 4.72. The third-order valence-electron chi connectivity index (χ3n) is 2.14. The second-order valence-corrected chi connectivity index (χ2v) is 7.09. The summed E-state index contributed by atoms with van der Waals surface area (Å²) in [5, 5.41) is 0.279. The predicted octanol–water partition coefficient (Wildman–Crippen LogP) is 2.36. The minimum Gasteiger partial charge on any atom is -0.327 e. The first-order chi connectivity index (χ1) is 5.83. The van der Waals surface area contributed by atoms with Crippen molar-refractivity contribution < 1.29 is 4.79 Å². The lowest BCUT2D eigenvalue weighted by molar-refractivity contribution is -0.109. The van der Waals surface area contributed by atoms with Gasteiger partial charge in [-0.25, -0.2) is 0 Å². The fourth-order valence-corrected chi connectivity index (χ4v) is 2.99. The van der Waals surface area contributed by atoms with Gasteiger partial charge in [-0.2, -0.15) is 0 Å². The van der Waals surface area contributed by atoms with Crippen LogP contribution >= 0.6 is 8.58 Å². The summed E-state index contributed by atoms with van der Waals surface area (Å²) in [6, 6.07) is 0. The average Bonchev–Trinajstić information content (AvgIpc) is 1.82. The zero-order valence-corrected chi connectivity index (χ0v) is 10.2. The van der Waals surface area contributed by atoms with Crippen molar-refractivity contribution in [2.45, 2.75) is 45.7 Å². The predicted molar refractivity (Wildman–Crippen MR) is 60.5 cm³/mol. The van der Waals surface area contributed by atoms with Crippen LogP contribution in [0.4, 0.5) is 0 Å². The van der Waals surface area contributed by atoms with Crippen LogP contribution in [0.2, 0.25) is 0 Å². The third-order valence-corrected chi connectivity index (χ3v) is 3.48. The average molecular weight is 203 g/mol. The molecule has 78 valence electrons. The second-order valence-electron chi connectivity index (χ2n) is 4.98. The fraction of sp³-hybridized carbons (Fsp3) is 0.900. The molecule has 0 bridgehead atoms. The number of carbonyl (C=O) groups excluding carboxylic acids is 1. The topological polar surface area (TPSA) is 43.1 Å². The molecule has 0 spiro atoms. The Morgan fingerprint density at radius 3 is 2.23 bits per heavy atom. The van der Waals surface area contributed by atoms with E-state index in [9.17, 15) is 4.79 Å². The standard InChI is InChI=1S/C10H22NOP/c1-9(2,5-6-12)7-10(3,4)13-8-11/h6,13H,5,7-8,11H2,1-4H3. The Morgan fingerprint density at radius 2 is 1.85 bits per heavy atom. The molecule has 0 saturated heterocycles. The number of nitrogens with two attached hydrogens (primary N) is 1. The van der Waals surface area contributed by atoms with Gasteiger partial charge in [0.05, 0.1) is 0 Å². The van der Waals surface area contributed by atoms with Crippen molar-refractivity contribution >= 4 is 14.9 Å². The van der Waals surface area contributed by atoms with E-state index in [0.29, 0.717) is 6.42 Å². The highest BCUT2D eigenvalue weighted by Crippen LogP contribution is 2.41. The zero-order valence-electron chi connectivity index (χ0n) is 9.18. The van der Waals surface area contributed by atoms with E-state index in [-0.39, 0.29) is 10.6 Å². The van der Waals surface area contributed by atoms with Gasteiger partial charge < -0.3 is 10.5 Å². The molecular formula is C10H22NOP. The first-order valence-corrected chi connectivity index (χ1v) is 5.92. The number of rotatable bonds is 6. The summed E-state index contributed by atoms with van der Waals surface area (Å²) in [6.07, 6.45) is 3.48. The molecule has 0 heterocycles.